The Morgan fingerprint density at radius 1 is 0.970 bits per heavy atom. The summed E-state index contributed by atoms with van der Waals surface area (Å²) in [5.74, 6) is -0.135. The third-order valence-electron chi connectivity index (χ3n) is 6.11. The summed E-state index contributed by atoms with van der Waals surface area (Å²) in [5.41, 5.74) is 1.37. The summed E-state index contributed by atoms with van der Waals surface area (Å²) in [4.78, 5) is 27.0. The lowest BCUT2D eigenvalue weighted by Crippen LogP contribution is -2.32. The lowest BCUT2D eigenvalue weighted by atomic mass is 10.1. The second-order valence-corrected chi connectivity index (χ2v) is 10.3. The third-order valence-corrected chi connectivity index (χ3v) is 8.00. The molecule has 2 aromatic carbocycles. The summed E-state index contributed by atoms with van der Waals surface area (Å²) in [6.45, 7) is 1.62. The van der Waals surface area contributed by atoms with Crippen molar-refractivity contribution in [1.29, 1.82) is 0 Å². The van der Waals surface area contributed by atoms with Crippen LogP contribution in [0.15, 0.2) is 47.4 Å². The molecule has 0 aromatic heterocycles. The summed E-state index contributed by atoms with van der Waals surface area (Å²) in [5, 5.41) is 2.81. The molecule has 1 N–H and O–H groups in total. The van der Waals surface area contributed by atoms with Crippen molar-refractivity contribution in [2.75, 3.05) is 37.0 Å². The summed E-state index contributed by atoms with van der Waals surface area (Å²) in [7, 11) is -2.27. The molecule has 8 nitrogen and oxygen atoms in total. The lowest BCUT2D eigenvalue weighted by molar-refractivity contribution is -0.117. The number of amides is 2. The van der Waals surface area contributed by atoms with Crippen LogP contribution in [0.2, 0.25) is 0 Å². The van der Waals surface area contributed by atoms with Crippen LogP contribution < -0.4 is 15.0 Å². The zero-order valence-corrected chi connectivity index (χ0v) is 19.6. The zero-order chi connectivity index (χ0) is 23.4. The molecule has 2 amide bonds. The molecule has 33 heavy (non-hydrogen) atoms. The molecule has 2 aliphatic heterocycles. The van der Waals surface area contributed by atoms with Crippen molar-refractivity contribution >= 4 is 33.2 Å². The van der Waals surface area contributed by atoms with Crippen molar-refractivity contribution in [3.05, 3.63) is 48.0 Å². The zero-order valence-electron chi connectivity index (χ0n) is 18.7. The van der Waals surface area contributed by atoms with E-state index in [0.717, 1.165) is 37.8 Å². The molecule has 2 heterocycles. The summed E-state index contributed by atoms with van der Waals surface area (Å²) < 4.78 is 33.3. The predicted molar refractivity (Wildman–Crippen MR) is 126 cm³/mol. The number of nitrogens with zero attached hydrogens (tertiary/aromatic N) is 2. The van der Waals surface area contributed by atoms with E-state index in [1.54, 1.807) is 23.1 Å². The first kappa shape index (κ1) is 23.3. The fraction of sp³-hybridized carbons (Fsp3) is 0.417. The topological polar surface area (TPSA) is 96.0 Å². The molecular weight excluding hydrogens is 442 g/mol. The second kappa shape index (κ2) is 9.93. The van der Waals surface area contributed by atoms with Crippen LogP contribution in [0.5, 0.6) is 5.75 Å². The Kier molecular flexibility index (Phi) is 6.99. The summed E-state index contributed by atoms with van der Waals surface area (Å²) in [6, 6.07) is 11.4. The van der Waals surface area contributed by atoms with Gasteiger partial charge in [-0.15, -0.1) is 0 Å². The lowest BCUT2D eigenvalue weighted by Gasteiger charge is -2.21. The van der Waals surface area contributed by atoms with Crippen LogP contribution in [0, 0.1) is 0 Å². The van der Waals surface area contributed by atoms with Crippen LogP contribution in [0.25, 0.3) is 0 Å². The number of hydrogen-bond acceptors (Lipinski definition) is 5. The highest BCUT2D eigenvalue weighted by atomic mass is 32.2. The van der Waals surface area contributed by atoms with E-state index in [2.05, 4.69) is 5.32 Å². The minimum Gasteiger partial charge on any atom is -0.496 e. The standard InChI is InChI=1S/C24H29N3O5S/c1-32-22-12-11-20(33(30,31)26-13-4-2-3-5-14-26)17-21(22)24(29)25-18-8-6-9-19(16-18)27-15-7-10-23(27)28/h6,8-9,11-12,16-17H,2-5,7,10,13-15H2,1H3,(H,25,29). The molecule has 2 fully saturated rings. The van der Waals surface area contributed by atoms with Crippen molar-refractivity contribution in [3.8, 4) is 5.75 Å². The first-order chi connectivity index (χ1) is 15.9. The van der Waals surface area contributed by atoms with Crippen LogP contribution in [0.4, 0.5) is 11.4 Å². The molecule has 0 aliphatic carbocycles. The van der Waals surface area contributed by atoms with E-state index in [1.807, 2.05) is 6.07 Å². The van der Waals surface area contributed by atoms with E-state index in [-0.39, 0.29) is 22.1 Å². The molecule has 0 unspecified atom stereocenters. The van der Waals surface area contributed by atoms with Crippen LogP contribution in [0.1, 0.15) is 48.9 Å². The molecule has 2 aliphatic rings. The van der Waals surface area contributed by atoms with Gasteiger partial charge >= 0.3 is 0 Å². The predicted octanol–water partition coefficient (Wildman–Crippen LogP) is 3.64. The van der Waals surface area contributed by atoms with Gasteiger partial charge in [0.25, 0.3) is 5.91 Å². The van der Waals surface area contributed by atoms with E-state index in [0.29, 0.717) is 31.7 Å². The second-order valence-electron chi connectivity index (χ2n) is 8.33. The number of ether oxygens (including phenoxy) is 1. The van der Waals surface area contributed by atoms with Crippen molar-refractivity contribution in [2.24, 2.45) is 0 Å². The maximum absolute atomic E-state index is 13.2. The van der Waals surface area contributed by atoms with Crippen LogP contribution in [0.3, 0.4) is 0 Å². The van der Waals surface area contributed by atoms with Gasteiger partial charge in [0.05, 0.1) is 17.6 Å². The molecule has 0 spiro atoms. The summed E-state index contributed by atoms with van der Waals surface area (Å²) >= 11 is 0. The van der Waals surface area contributed by atoms with Crippen LogP contribution in [-0.4, -0.2) is 51.3 Å². The molecule has 0 bridgehead atoms. The minimum absolute atomic E-state index is 0.0616. The number of carbonyl (C=O) groups is 2. The fourth-order valence-electron chi connectivity index (χ4n) is 4.33. The monoisotopic (exact) mass is 471 g/mol. The minimum atomic E-state index is -3.71. The van der Waals surface area contributed by atoms with Crippen molar-refractivity contribution < 1.29 is 22.7 Å². The highest BCUT2D eigenvalue weighted by Gasteiger charge is 2.27. The summed E-state index contributed by atoms with van der Waals surface area (Å²) in [6.07, 6.45) is 5.03. The Morgan fingerprint density at radius 2 is 1.73 bits per heavy atom. The highest BCUT2D eigenvalue weighted by molar-refractivity contribution is 7.89. The van der Waals surface area contributed by atoms with Gasteiger partial charge in [-0.2, -0.15) is 4.31 Å². The van der Waals surface area contributed by atoms with Gasteiger partial charge < -0.3 is 15.0 Å². The van der Waals surface area contributed by atoms with Crippen molar-refractivity contribution in [1.82, 2.24) is 4.31 Å². The van der Waals surface area contributed by atoms with Gasteiger partial charge in [0.15, 0.2) is 0 Å². The van der Waals surface area contributed by atoms with Gasteiger partial charge in [-0.25, -0.2) is 8.42 Å². The van der Waals surface area contributed by atoms with Crippen molar-refractivity contribution in [3.63, 3.8) is 0 Å². The molecule has 0 radical (unpaired) electrons. The molecule has 2 aromatic rings. The number of benzene rings is 2. The Labute approximate surface area is 194 Å². The normalized spacial score (nSPS) is 17.6. The molecule has 4 rings (SSSR count). The van der Waals surface area contributed by atoms with E-state index in [9.17, 15) is 18.0 Å². The fourth-order valence-corrected chi connectivity index (χ4v) is 5.87. The molecule has 176 valence electrons. The van der Waals surface area contributed by atoms with Crippen LogP contribution >= 0.6 is 0 Å². The number of carbonyl (C=O) groups excluding carboxylic acids is 2. The van der Waals surface area contributed by atoms with Crippen molar-refractivity contribution in [2.45, 2.75) is 43.4 Å². The van der Waals surface area contributed by atoms with Gasteiger partial charge in [0, 0.05) is 37.4 Å². The maximum Gasteiger partial charge on any atom is 0.259 e. The molecule has 9 heteroatoms. The van der Waals surface area contributed by atoms with E-state index in [4.69, 9.17) is 4.74 Å². The first-order valence-corrected chi connectivity index (χ1v) is 12.7. The van der Waals surface area contributed by atoms with E-state index < -0.39 is 15.9 Å². The number of hydrogen-bond donors (Lipinski definition) is 1. The Morgan fingerprint density at radius 3 is 2.39 bits per heavy atom. The van der Waals surface area contributed by atoms with Gasteiger partial charge in [-0.05, 0) is 55.7 Å². The Bertz CT molecular complexity index is 1140. The van der Waals surface area contributed by atoms with Gasteiger partial charge in [0.1, 0.15) is 5.75 Å². The van der Waals surface area contributed by atoms with E-state index >= 15 is 0 Å². The molecule has 0 saturated carbocycles. The van der Waals surface area contributed by atoms with Gasteiger partial charge in [-0.1, -0.05) is 18.9 Å². The first-order valence-electron chi connectivity index (χ1n) is 11.3. The average molecular weight is 472 g/mol. The van der Waals surface area contributed by atoms with Gasteiger partial charge in [-0.3, -0.25) is 9.59 Å². The molecular formula is C24H29N3O5S. The smallest absolute Gasteiger partial charge is 0.259 e. The number of methoxy groups -OCH3 is 1. The average Bonchev–Trinajstić information content (AvgIpc) is 3.06. The van der Waals surface area contributed by atoms with Gasteiger partial charge in [0.2, 0.25) is 15.9 Å². The molecule has 0 atom stereocenters. The maximum atomic E-state index is 13.2. The quantitative estimate of drug-likeness (QED) is 0.694. The number of rotatable bonds is 6. The van der Waals surface area contributed by atoms with E-state index in [1.165, 1.54) is 29.6 Å². The number of anilines is 2. The largest absolute Gasteiger partial charge is 0.496 e. The highest BCUT2D eigenvalue weighted by Crippen LogP contribution is 2.28. The SMILES string of the molecule is COc1ccc(S(=O)(=O)N2CCCCCC2)cc1C(=O)Nc1cccc(N2CCCC2=O)c1. The Balaban J connectivity index is 1.59. The third kappa shape index (κ3) is 5.04. The molecule has 2 saturated heterocycles. The van der Waals surface area contributed by atoms with Crippen LogP contribution in [-0.2, 0) is 14.8 Å². The number of sulfonamides is 1. The number of nitrogens with one attached hydrogen (secondary N) is 1. The Hall–Kier alpha value is -2.91.